The van der Waals surface area contributed by atoms with Crippen LogP contribution in [-0.2, 0) is 0 Å². The highest BCUT2D eigenvalue weighted by molar-refractivity contribution is 5.85. The molecule has 0 amide bonds. The maximum Gasteiger partial charge on any atom is 0 e. The van der Waals surface area contributed by atoms with Crippen molar-refractivity contribution < 1.29 is 0 Å². The Morgan fingerprint density at radius 3 is 0.750 bits per heavy atom. The maximum atomic E-state index is 0. The molecule has 0 fully saturated rings. The minimum Gasteiger partial charge on any atom is -0.147 e. The average molecular weight is 124 g/mol. The Bertz CT molecular complexity index is 6.00. The zero-order valence-corrected chi connectivity index (χ0v) is 6.30. The topological polar surface area (TPSA) is 0 Å². The molecule has 0 aromatic heterocycles. The summed E-state index contributed by atoms with van der Waals surface area (Å²) in [4.78, 5) is 0. The molecule has 0 spiro atoms. The molecule has 4 heavy (non-hydrogen) atoms. The van der Waals surface area contributed by atoms with E-state index < -0.39 is 0 Å². The van der Waals surface area contributed by atoms with Gasteiger partial charge in [0.05, 0.1) is 0 Å². The molecule has 0 unspecified atom stereocenters. The molecule has 21 valence electrons. The van der Waals surface area contributed by atoms with Crippen LogP contribution in [-0.4, -0.2) is 40.4 Å². The molecule has 0 aliphatic rings. The fourth-order valence-corrected chi connectivity index (χ4v) is 0. The molecule has 4 heteroatoms. The standard InChI is InChI=1S/Al.2ClH.Mg/h;2*1H;. The minimum absolute atomic E-state index is 0. The van der Waals surface area contributed by atoms with E-state index in [0.29, 0.717) is 0 Å². The molecule has 0 nitrogen and oxygen atoms in total. The van der Waals surface area contributed by atoms with Crippen molar-refractivity contribution in [2.24, 2.45) is 0 Å². The van der Waals surface area contributed by atoms with E-state index in [-0.39, 0.29) is 65.2 Å². The van der Waals surface area contributed by atoms with E-state index in [9.17, 15) is 0 Å². The van der Waals surface area contributed by atoms with Crippen LogP contribution >= 0.6 is 24.8 Å². The first-order valence-corrected chi connectivity index (χ1v) is 0. The first-order chi connectivity index (χ1) is 0. The summed E-state index contributed by atoms with van der Waals surface area (Å²) >= 11 is 0. The number of rotatable bonds is 0. The van der Waals surface area contributed by atoms with Crippen molar-refractivity contribution in [2.45, 2.75) is 0 Å². The summed E-state index contributed by atoms with van der Waals surface area (Å²) in [5, 5.41) is 0. The quantitative estimate of drug-likeness (QED) is 0.401. The fraction of sp³-hybridized carbons (Fsp3) is 0. The lowest BCUT2D eigenvalue weighted by Gasteiger charge is -0.148. The summed E-state index contributed by atoms with van der Waals surface area (Å²) in [6.07, 6.45) is 0. The van der Waals surface area contributed by atoms with Gasteiger partial charge in [-0.3, -0.25) is 0 Å². The second-order valence-electron chi connectivity index (χ2n) is 0. The summed E-state index contributed by atoms with van der Waals surface area (Å²) in [6.45, 7) is 0. The molecular formula is H2AlCl2Mg. The predicted molar refractivity (Wildman–Crippen MR) is 26.0 cm³/mol. The molecule has 0 N–H and O–H groups in total. The summed E-state index contributed by atoms with van der Waals surface area (Å²) in [6, 6.07) is 0. The van der Waals surface area contributed by atoms with Crippen molar-refractivity contribution in [3.05, 3.63) is 0 Å². The van der Waals surface area contributed by atoms with E-state index in [1.165, 1.54) is 0 Å². The smallest absolute Gasteiger partial charge is 0 e. The van der Waals surface area contributed by atoms with Crippen LogP contribution in [0.25, 0.3) is 0 Å². The molecule has 0 aromatic rings. The molecule has 0 aliphatic heterocycles. The van der Waals surface area contributed by atoms with Crippen molar-refractivity contribution in [2.75, 3.05) is 0 Å². The van der Waals surface area contributed by atoms with Gasteiger partial charge in [0.2, 0.25) is 0 Å². The fourth-order valence-electron chi connectivity index (χ4n) is 0. The van der Waals surface area contributed by atoms with Crippen LogP contribution in [0.2, 0.25) is 0 Å². The zero-order chi connectivity index (χ0) is 0. The average Bonchev–Trinajstić information content (AvgIpc) is 0. The largest absolute Gasteiger partial charge is 0.147 e. The van der Waals surface area contributed by atoms with E-state index in [4.69, 9.17) is 0 Å². The highest BCUT2D eigenvalue weighted by atomic mass is 35.5. The Balaban J connectivity index is 0. The van der Waals surface area contributed by atoms with Gasteiger partial charge in [-0.2, -0.15) is 0 Å². The van der Waals surface area contributed by atoms with Gasteiger partial charge in [0.1, 0.15) is 0 Å². The third-order valence-electron chi connectivity index (χ3n) is 0. The zero-order valence-electron chi connectivity index (χ0n) is 2.10. The summed E-state index contributed by atoms with van der Waals surface area (Å²) in [5.41, 5.74) is 0. The van der Waals surface area contributed by atoms with Gasteiger partial charge in [-0.1, -0.05) is 0 Å². The van der Waals surface area contributed by atoms with Crippen molar-refractivity contribution in [1.29, 1.82) is 0 Å². The van der Waals surface area contributed by atoms with E-state index >= 15 is 0 Å². The lowest BCUT2D eigenvalue weighted by atomic mass is 24.3. The van der Waals surface area contributed by atoms with Gasteiger partial charge in [0.15, 0.2) is 0 Å². The van der Waals surface area contributed by atoms with Crippen LogP contribution < -0.4 is 0 Å². The Labute approximate surface area is 64.8 Å². The van der Waals surface area contributed by atoms with Gasteiger partial charge < -0.3 is 0 Å². The van der Waals surface area contributed by atoms with Crippen LogP contribution in [0.4, 0.5) is 0 Å². The molecule has 0 saturated carbocycles. The highest BCUT2D eigenvalue weighted by Gasteiger charge is 0.00103. The number of hydrogen-bond donors (Lipinski definition) is 0. The van der Waals surface area contributed by atoms with Crippen molar-refractivity contribution in [1.82, 2.24) is 0 Å². The minimum atomic E-state index is 0. The van der Waals surface area contributed by atoms with E-state index in [1.807, 2.05) is 0 Å². The lowest BCUT2D eigenvalue weighted by Crippen LogP contribution is -0.382. The molecule has 0 saturated heterocycles. The third kappa shape index (κ3) is 9.11. The molecule has 0 aliphatic carbocycles. The Kier molecular flexibility index (Phi) is 206. The van der Waals surface area contributed by atoms with Crippen LogP contribution in [0.3, 0.4) is 0 Å². The second-order valence-corrected chi connectivity index (χ2v) is 0. The van der Waals surface area contributed by atoms with Gasteiger partial charge in [-0.25, -0.2) is 0 Å². The van der Waals surface area contributed by atoms with Crippen molar-refractivity contribution >= 4 is 65.2 Å². The van der Waals surface area contributed by atoms with Gasteiger partial charge in [0.25, 0.3) is 0 Å². The molecule has 5 radical (unpaired) electrons. The van der Waals surface area contributed by atoms with E-state index in [2.05, 4.69) is 0 Å². The van der Waals surface area contributed by atoms with Crippen LogP contribution in [0.15, 0.2) is 0 Å². The molecule has 0 aromatic carbocycles. The van der Waals surface area contributed by atoms with Gasteiger partial charge in [-0.05, 0) is 0 Å². The summed E-state index contributed by atoms with van der Waals surface area (Å²) in [5.74, 6) is 0. The third-order valence-corrected chi connectivity index (χ3v) is 0. The van der Waals surface area contributed by atoms with Crippen molar-refractivity contribution in [3.63, 3.8) is 0 Å². The molecule has 0 atom stereocenters. The monoisotopic (exact) mass is 123 g/mol. The van der Waals surface area contributed by atoms with Gasteiger partial charge >= 0.3 is 0 Å². The Hall–Kier alpha value is 1.88. The maximum absolute atomic E-state index is 0. The number of halogens is 2. The SMILES string of the molecule is Cl.Cl.[Al].[Mg]. The van der Waals surface area contributed by atoms with Gasteiger partial charge in [0, 0.05) is 40.4 Å². The summed E-state index contributed by atoms with van der Waals surface area (Å²) < 4.78 is 0. The lowest BCUT2D eigenvalue weighted by molar-refractivity contribution is 5.75. The van der Waals surface area contributed by atoms with Crippen molar-refractivity contribution in [3.8, 4) is 0 Å². The predicted octanol–water partition coefficient (Wildman–Crippen LogP) is 0.0820. The molecular weight excluding hydrogens is 122 g/mol. The Morgan fingerprint density at radius 1 is 0.750 bits per heavy atom. The molecule has 0 heterocycles. The normalized spacial score (nSPS) is 0. The van der Waals surface area contributed by atoms with Crippen LogP contribution in [0.1, 0.15) is 0 Å². The summed E-state index contributed by atoms with van der Waals surface area (Å²) in [7, 11) is 0. The Morgan fingerprint density at radius 2 is 0.750 bits per heavy atom. The van der Waals surface area contributed by atoms with Crippen LogP contribution in [0, 0.1) is 0 Å². The molecule has 0 bridgehead atoms. The molecule has 0 rings (SSSR count). The van der Waals surface area contributed by atoms with Gasteiger partial charge in [-0.15, -0.1) is 24.8 Å². The first-order valence-electron chi connectivity index (χ1n) is 0. The van der Waals surface area contributed by atoms with E-state index in [1.54, 1.807) is 0 Å². The number of hydrogen-bond acceptors (Lipinski definition) is 0. The first kappa shape index (κ1) is 39.6. The highest BCUT2D eigenvalue weighted by Crippen LogP contribution is 0.691. The van der Waals surface area contributed by atoms with E-state index in [0.717, 1.165) is 0 Å². The second kappa shape index (κ2) is 20.8. The van der Waals surface area contributed by atoms with Crippen LogP contribution in [0.5, 0.6) is 0 Å².